The second-order valence-electron chi connectivity index (χ2n) is 6.04. The molecule has 0 radical (unpaired) electrons. The van der Waals surface area contributed by atoms with E-state index in [-0.39, 0.29) is 0 Å². The van der Waals surface area contributed by atoms with Crippen molar-refractivity contribution in [3.63, 3.8) is 0 Å². The normalized spacial score (nSPS) is 10.3. The van der Waals surface area contributed by atoms with E-state index in [0.717, 1.165) is 12.8 Å². The first kappa shape index (κ1) is 23.2. The minimum absolute atomic E-state index is 0.369. The Morgan fingerprint density at radius 3 is 0.857 bits per heavy atom. The Bertz CT molecular complexity index is 133. The lowest BCUT2D eigenvalue weighted by Crippen LogP contribution is -1.83. The predicted molar refractivity (Wildman–Crippen MR) is 94.8 cm³/mol. The van der Waals surface area contributed by atoms with Crippen LogP contribution in [-0.4, -0.2) is 23.4 Å². The second-order valence-corrected chi connectivity index (χ2v) is 6.04. The summed E-state index contributed by atoms with van der Waals surface area (Å²) in [6.45, 7) is 5.21. The fourth-order valence-corrected chi connectivity index (χ4v) is 2.31. The van der Waals surface area contributed by atoms with Crippen molar-refractivity contribution in [3.05, 3.63) is 0 Å². The molecule has 2 heteroatoms. The van der Waals surface area contributed by atoms with Gasteiger partial charge in [-0.25, -0.2) is 0 Å². The van der Waals surface area contributed by atoms with Crippen LogP contribution in [-0.2, 0) is 0 Å². The van der Waals surface area contributed by atoms with Crippen molar-refractivity contribution in [2.24, 2.45) is 0 Å². The maximum atomic E-state index is 8.51. The molecular formula is C19H42O2. The highest BCUT2D eigenvalue weighted by molar-refractivity contribution is 4.45. The molecule has 0 amide bonds. The number of aliphatic hydroxyl groups excluding tert-OH is 2. The lowest BCUT2D eigenvalue weighted by Gasteiger charge is -1.98. The Morgan fingerprint density at radius 2 is 0.619 bits per heavy atom. The molecule has 0 aromatic carbocycles. The molecule has 0 aliphatic heterocycles. The molecule has 0 fully saturated rings. The molecule has 0 saturated carbocycles. The van der Waals surface area contributed by atoms with Crippen molar-refractivity contribution >= 4 is 0 Å². The van der Waals surface area contributed by atoms with Gasteiger partial charge in [-0.2, -0.15) is 0 Å². The molecule has 0 rings (SSSR count). The molecule has 0 aromatic rings. The van der Waals surface area contributed by atoms with Gasteiger partial charge in [-0.1, -0.05) is 97.3 Å². The Hall–Kier alpha value is -0.0800. The van der Waals surface area contributed by atoms with Crippen LogP contribution in [0.15, 0.2) is 0 Å². The van der Waals surface area contributed by atoms with Crippen molar-refractivity contribution in [2.45, 2.75) is 110 Å². The molecule has 0 heterocycles. The second kappa shape index (κ2) is 24.9. The maximum Gasteiger partial charge on any atom is 0.0431 e. The highest BCUT2D eigenvalue weighted by Crippen LogP contribution is 2.07. The van der Waals surface area contributed by atoms with E-state index in [9.17, 15) is 0 Å². The van der Waals surface area contributed by atoms with Gasteiger partial charge in [-0.05, 0) is 12.8 Å². The quantitative estimate of drug-likeness (QED) is 0.373. The van der Waals surface area contributed by atoms with E-state index in [1.807, 2.05) is 0 Å². The number of hydrogen-bond donors (Lipinski definition) is 2. The van der Waals surface area contributed by atoms with Gasteiger partial charge in [-0.15, -0.1) is 0 Å². The summed E-state index contributed by atoms with van der Waals surface area (Å²) in [4.78, 5) is 0. The summed E-state index contributed by atoms with van der Waals surface area (Å²) in [5, 5.41) is 17.0. The molecule has 0 aliphatic rings. The fraction of sp³-hybridized carbons (Fsp3) is 1.00. The summed E-state index contributed by atoms with van der Waals surface area (Å²) in [6.07, 6.45) is 19.3. The molecule has 0 saturated heterocycles. The molecule has 0 aromatic heterocycles. The van der Waals surface area contributed by atoms with Gasteiger partial charge in [0.25, 0.3) is 0 Å². The zero-order valence-electron chi connectivity index (χ0n) is 14.9. The van der Waals surface area contributed by atoms with E-state index in [4.69, 9.17) is 10.2 Å². The van der Waals surface area contributed by atoms with Gasteiger partial charge in [0.1, 0.15) is 0 Å². The number of hydrogen-bond acceptors (Lipinski definition) is 2. The maximum absolute atomic E-state index is 8.51. The highest BCUT2D eigenvalue weighted by Gasteiger charge is 1.89. The average molecular weight is 303 g/mol. The Balaban J connectivity index is 0. The topological polar surface area (TPSA) is 40.5 Å². The minimum atomic E-state index is 0.369. The van der Waals surface area contributed by atoms with E-state index in [2.05, 4.69) is 13.8 Å². The number of unbranched alkanes of at least 4 members (excludes halogenated alkanes) is 13. The molecule has 0 unspecified atom stereocenters. The number of rotatable bonds is 15. The van der Waals surface area contributed by atoms with Crippen LogP contribution in [0, 0.1) is 0 Å². The zero-order chi connectivity index (χ0) is 16.0. The Labute approximate surface area is 134 Å². The first-order valence-electron chi connectivity index (χ1n) is 9.55. The first-order valence-corrected chi connectivity index (χ1v) is 9.55. The van der Waals surface area contributed by atoms with Crippen LogP contribution in [0.3, 0.4) is 0 Å². The van der Waals surface area contributed by atoms with Crippen LogP contribution in [0.25, 0.3) is 0 Å². The van der Waals surface area contributed by atoms with Crippen molar-refractivity contribution in [3.8, 4) is 0 Å². The lowest BCUT2D eigenvalue weighted by atomic mass is 10.1. The van der Waals surface area contributed by atoms with Gasteiger partial charge in [0.15, 0.2) is 0 Å². The molecule has 0 spiro atoms. The molecule has 21 heavy (non-hydrogen) atoms. The van der Waals surface area contributed by atoms with Crippen molar-refractivity contribution in [1.82, 2.24) is 0 Å². The monoisotopic (exact) mass is 302 g/mol. The van der Waals surface area contributed by atoms with Gasteiger partial charge in [-0.3, -0.25) is 0 Å². The van der Waals surface area contributed by atoms with E-state index in [0.29, 0.717) is 13.2 Å². The van der Waals surface area contributed by atoms with E-state index in [1.165, 1.54) is 83.5 Å². The largest absolute Gasteiger partial charge is 0.396 e. The number of aliphatic hydroxyl groups is 2. The van der Waals surface area contributed by atoms with Gasteiger partial charge >= 0.3 is 0 Å². The third kappa shape index (κ3) is 28.7. The van der Waals surface area contributed by atoms with Crippen molar-refractivity contribution in [1.29, 1.82) is 0 Å². The van der Waals surface area contributed by atoms with Gasteiger partial charge in [0.2, 0.25) is 0 Å². The minimum Gasteiger partial charge on any atom is -0.396 e. The molecular weight excluding hydrogens is 260 g/mol. The Morgan fingerprint density at radius 1 is 0.381 bits per heavy atom. The Kier molecular flexibility index (Phi) is 27.5. The van der Waals surface area contributed by atoms with Crippen molar-refractivity contribution in [2.75, 3.05) is 13.2 Å². The molecule has 0 bridgehead atoms. The average Bonchev–Trinajstić information content (AvgIpc) is 2.51. The molecule has 130 valence electrons. The fourth-order valence-electron chi connectivity index (χ4n) is 2.31. The standard InChI is InChI=1S/C10H22O.C9H20O/c1-2-3-4-5-6-7-8-9-10-11;1-2-3-4-5-6-7-8-9-10/h11H,2-10H2,1H3;10H,2-9H2,1H3. The van der Waals surface area contributed by atoms with Crippen LogP contribution in [0.5, 0.6) is 0 Å². The molecule has 0 atom stereocenters. The predicted octanol–water partition coefficient (Wildman–Crippen LogP) is 5.85. The van der Waals surface area contributed by atoms with Gasteiger partial charge in [0, 0.05) is 13.2 Å². The smallest absolute Gasteiger partial charge is 0.0431 e. The van der Waals surface area contributed by atoms with E-state index in [1.54, 1.807) is 0 Å². The third-order valence-corrected chi connectivity index (χ3v) is 3.77. The molecule has 2 N–H and O–H groups in total. The molecule has 2 nitrogen and oxygen atoms in total. The lowest BCUT2D eigenvalue weighted by molar-refractivity contribution is 0.282. The SMILES string of the molecule is CCCCCCCCCCO.CCCCCCCCCO. The molecule has 0 aliphatic carbocycles. The summed E-state index contributed by atoms with van der Waals surface area (Å²) in [5.74, 6) is 0. The zero-order valence-corrected chi connectivity index (χ0v) is 14.9. The summed E-state index contributed by atoms with van der Waals surface area (Å²) < 4.78 is 0. The van der Waals surface area contributed by atoms with E-state index >= 15 is 0 Å². The van der Waals surface area contributed by atoms with Gasteiger partial charge in [0.05, 0.1) is 0 Å². The summed E-state index contributed by atoms with van der Waals surface area (Å²) >= 11 is 0. The first-order chi connectivity index (χ1) is 10.3. The summed E-state index contributed by atoms with van der Waals surface area (Å²) in [6, 6.07) is 0. The summed E-state index contributed by atoms with van der Waals surface area (Å²) in [7, 11) is 0. The van der Waals surface area contributed by atoms with Crippen LogP contribution >= 0.6 is 0 Å². The van der Waals surface area contributed by atoms with Crippen LogP contribution in [0.2, 0.25) is 0 Å². The van der Waals surface area contributed by atoms with Crippen LogP contribution in [0.1, 0.15) is 110 Å². The third-order valence-electron chi connectivity index (χ3n) is 3.77. The van der Waals surface area contributed by atoms with E-state index < -0.39 is 0 Å². The highest BCUT2D eigenvalue weighted by atomic mass is 16.3. The summed E-state index contributed by atoms with van der Waals surface area (Å²) in [5.41, 5.74) is 0. The van der Waals surface area contributed by atoms with Crippen LogP contribution < -0.4 is 0 Å². The van der Waals surface area contributed by atoms with Gasteiger partial charge < -0.3 is 10.2 Å². The van der Waals surface area contributed by atoms with Crippen LogP contribution in [0.4, 0.5) is 0 Å². The van der Waals surface area contributed by atoms with Crippen molar-refractivity contribution < 1.29 is 10.2 Å².